The number of benzene rings is 1. The van der Waals surface area contributed by atoms with E-state index in [0.29, 0.717) is 16.9 Å². The Balaban J connectivity index is 2.62. The average Bonchev–Trinajstić information content (AvgIpc) is 2.40. The minimum absolute atomic E-state index is 0.0501. The molecule has 0 bridgehead atoms. The molecule has 1 amide bonds. The maximum atomic E-state index is 13.6. The first-order valence-electron chi connectivity index (χ1n) is 6.30. The summed E-state index contributed by atoms with van der Waals surface area (Å²) in [7, 11) is 0. The monoisotopic (exact) mass is 308 g/mol. The van der Waals surface area contributed by atoms with Crippen LogP contribution in [0.3, 0.4) is 0 Å². The Bertz CT molecular complexity index is 689. The van der Waals surface area contributed by atoms with E-state index in [1.165, 1.54) is 30.5 Å². The lowest BCUT2D eigenvalue weighted by Gasteiger charge is -2.15. The number of ether oxygens (including phenoxy) is 1. The van der Waals surface area contributed by atoms with E-state index in [9.17, 15) is 9.18 Å². The summed E-state index contributed by atoms with van der Waals surface area (Å²) in [6.07, 6.45) is 1.21. The number of primary amides is 1. The Morgan fingerprint density at radius 2 is 2.05 bits per heavy atom. The third-order valence-electron chi connectivity index (χ3n) is 2.70. The van der Waals surface area contributed by atoms with Crippen molar-refractivity contribution in [3.05, 3.63) is 47.0 Å². The van der Waals surface area contributed by atoms with E-state index in [4.69, 9.17) is 22.1 Å². The summed E-state index contributed by atoms with van der Waals surface area (Å²) in [6, 6.07) is 5.53. The number of nitrogens with zero attached hydrogens (tertiary/aromatic N) is 1. The van der Waals surface area contributed by atoms with E-state index in [-0.39, 0.29) is 16.8 Å². The van der Waals surface area contributed by atoms with Gasteiger partial charge in [0.15, 0.2) is 0 Å². The van der Waals surface area contributed by atoms with Gasteiger partial charge in [0.25, 0.3) is 5.91 Å². The van der Waals surface area contributed by atoms with Gasteiger partial charge in [-0.1, -0.05) is 11.6 Å². The smallest absolute Gasteiger partial charge is 0.267 e. The summed E-state index contributed by atoms with van der Waals surface area (Å²) < 4.78 is 19.2. The fraction of sp³-hybridized carbons (Fsp3) is 0.200. The van der Waals surface area contributed by atoms with Gasteiger partial charge < -0.3 is 10.5 Å². The van der Waals surface area contributed by atoms with E-state index < -0.39 is 11.7 Å². The van der Waals surface area contributed by atoms with Crippen LogP contribution in [0, 0.1) is 5.82 Å². The molecule has 0 aliphatic heterocycles. The van der Waals surface area contributed by atoms with Gasteiger partial charge in [0.1, 0.15) is 17.3 Å². The van der Waals surface area contributed by atoms with Gasteiger partial charge in [0.2, 0.25) is 0 Å². The standard InChI is InChI=1S/C15H14ClFN2O2/c1-8(2)21-14-4-3-9(17)5-11(14)10-6-13(15(18)20)19-7-12(10)16/h3-8H,1-2H3,(H2,18,20). The molecule has 6 heteroatoms. The molecule has 2 N–H and O–H groups in total. The first kappa shape index (κ1) is 15.3. The van der Waals surface area contributed by atoms with Gasteiger partial charge in [0, 0.05) is 17.3 Å². The second kappa shape index (κ2) is 6.10. The average molecular weight is 309 g/mol. The third kappa shape index (κ3) is 3.49. The number of aromatic nitrogens is 1. The highest BCUT2D eigenvalue weighted by Gasteiger charge is 2.15. The molecule has 0 saturated carbocycles. The summed E-state index contributed by atoms with van der Waals surface area (Å²) >= 11 is 6.10. The van der Waals surface area contributed by atoms with Crippen LogP contribution < -0.4 is 10.5 Å². The van der Waals surface area contributed by atoms with E-state index in [1.807, 2.05) is 13.8 Å². The van der Waals surface area contributed by atoms with Gasteiger partial charge in [-0.15, -0.1) is 0 Å². The van der Waals surface area contributed by atoms with Crippen LogP contribution in [0.15, 0.2) is 30.5 Å². The van der Waals surface area contributed by atoms with Crippen molar-refractivity contribution in [1.29, 1.82) is 0 Å². The number of rotatable bonds is 4. The number of hydrogen-bond donors (Lipinski definition) is 1. The number of nitrogens with two attached hydrogens (primary N) is 1. The minimum Gasteiger partial charge on any atom is -0.490 e. The number of amides is 1. The second-order valence-corrected chi connectivity index (χ2v) is 5.13. The lowest BCUT2D eigenvalue weighted by molar-refractivity contribution is 0.0995. The minimum atomic E-state index is -0.685. The molecule has 0 atom stereocenters. The lowest BCUT2D eigenvalue weighted by Crippen LogP contribution is -2.13. The molecule has 2 rings (SSSR count). The Labute approximate surface area is 126 Å². The van der Waals surface area contributed by atoms with Gasteiger partial charge in [-0.05, 0) is 38.1 Å². The maximum absolute atomic E-state index is 13.6. The van der Waals surface area contributed by atoms with Gasteiger partial charge in [-0.3, -0.25) is 4.79 Å². The van der Waals surface area contributed by atoms with Gasteiger partial charge in [-0.2, -0.15) is 0 Å². The van der Waals surface area contributed by atoms with E-state index in [1.54, 1.807) is 0 Å². The van der Waals surface area contributed by atoms with E-state index in [0.717, 1.165) is 0 Å². The second-order valence-electron chi connectivity index (χ2n) is 4.72. The molecule has 1 aromatic heterocycles. The molecule has 4 nitrogen and oxygen atoms in total. The molecular formula is C15H14ClFN2O2. The molecular weight excluding hydrogens is 295 g/mol. The molecule has 0 spiro atoms. The summed E-state index contributed by atoms with van der Waals surface area (Å²) in [5.41, 5.74) is 6.14. The fourth-order valence-corrected chi connectivity index (χ4v) is 2.05. The molecule has 0 radical (unpaired) electrons. The molecule has 1 aromatic carbocycles. The fourth-order valence-electron chi connectivity index (χ4n) is 1.85. The molecule has 0 aliphatic rings. The number of halogens is 2. The first-order chi connectivity index (χ1) is 9.88. The molecule has 0 aliphatic carbocycles. The van der Waals surface area contributed by atoms with Crippen LogP contribution in [0.25, 0.3) is 11.1 Å². The summed E-state index contributed by atoms with van der Waals surface area (Å²) in [4.78, 5) is 15.1. The zero-order chi connectivity index (χ0) is 15.6. The number of hydrogen-bond acceptors (Lipinski definition) is 3. The SMILES string of the molecule is CC(C)Oc1ccc(F)cc1-c1cc(C(N)=O)ncc1Cl. The Morgan fingerprint density at radius 3 is 2.67 bits per heavy atom. The largest absolute Gasteiger partial charge is 0.490 e. The van der Waals surface area contributed by atoms with Gasteiger partial charge >= 0.3 is 0 Å². The van der Waals surface area contributed by atoms with E-state index in [2.05, 4.69) is 4.98 Å². The zero-order valence-electron chi connectivity index (χ0n) is 11.6. The molecule has 110 valence electrons. The topological polar surface area (TPSA) is 65.2 Å². The number of carbonyl (C=O) groups excluding carboxylic acids is 1. The van der Waals surface area contributed by atoms with Crippen LogP contribution in [-0.2, 0) is 0 Å². The van der Waals surface area contributed by atoms with Crippen molar-refractivity contribution in [3.63, 3.8) is 0 Å². The maximum Gasteiger partial charge on any atom is 0.267 e. The molecule has 0 unspecified atom stereocenters. The first-order valence-corrected chi connectivity index (χ1v) is 6.68. The molecule has 0 fully saturated rings. The van der Waals surface area contributed by atoms with Crippen molar-refractivity contribution in [2.24, 2.45) is 5.73 Å². The third-order valence-corrected chi connectivity index (χ3v) is 3.00. The van der Waals surface area contributed by atoms with Crippen molar-refractivity contribution in [2.45, 2.75) is 20.0 Å². The van der Waals surface area contributed by atoms with Crippen LogP contribution in [-0.4, -0.2) is 17.0 Å². The number of pyridine rings is 1. The van der Waals surface area contributed by atoms with Crippen LogP contribution in [0.1, 0.15) is 24.3 Å². The molecule has 1 heterocycles. The molecule has 0 saturated heterocycles. The van der Waals surface area contributed by atoms with Crippen LogP contribution in [0.5, 0.6) is 5.75 Å². The van der Waals surface area contributed by atoms with E-state index >= 15 is 0 Å². The Hall–Kier alpha value is -2.14. The highest BCUT2D eigenvalue weighted by Crippen LogP contribution is 2.36. The normalized spacial score (nSPS) is 10.7. The highest BCUT2D eigenvalue weighted by molar-refractivity contribution is 6.33. The summed E-state index contributed by atoms with van der Waals surface area (Å²) in [5, 5.41) is 0.277. The zero-order valence-corrected chi connectivity index (χ0v) is 12.3. The van der Waals surface area contributed by atoms with Crippen LogP contribution in [0.2, 0.25) is 5.02 Å². The summed E-state index contributed by atoms with van der Waals surface area (Å²) in [6.45, 7) is 3.71. The van der Waals surface area contributed by atoms with Gasteiger partial charge in [0.05, 0.1) is 11.1 Å². The van der Waals surface area contributed by atoms with Crippen LogP contribution >= 0.6 is 11.6 Å². The van der Waals surface area contributed by atoms with Crippen molar-refractivity contribution in [1.82, 2.24) is 4.98 Å². The van der Waals surface area contributed by atoms with Crippen LogP contribution in [0.4, 0.5) is 4.39 Å². The van der Waals surface area contributed by atoms with Crippen molar-refractivity contribution < 1.29 is 13.9 Å². The molecule has 21 heavy (non-hydrogen) atoms. The predicted octanol–water partition coefficient (Wildman–Crippen LogP) is 3.43. The number of carbonyl (C=O) groups is 1. The van der Waals surface area contributed by atoms with Crippen molar-refractivity contribution in [2.75, 3.05) is 0 Å². The van der Waals surface area contributed by atoms with Gasteiger partial charge in [-0.25, -0.2) is 9.37 Å². The molecule has 2 aromatic rings. The lowest BCUT2D eigenvalue weighted by atomic mass is 10.0. The highest BCUT2D eigenvalue weighted by atomic mass is 35.5. The predicted molar refractivity (Wildman–Crippen MR) is 78.9 cm³/mol. The Kier molecular flexibility index (Phi) is 4.43. The quantitative estimate of drug-likeness (QED) is 0.941. The van der Waals surface area contributed by atoms with Crippen molar-refractivity contribution >= 4 is 17.5 Å². The Morgan fingerprint density at radius 1 is 1.33 bits per heavy atom. The summed E-state index contributed by atoms with van der Waals surface area (Å²) in [5.74, 6) is -0.653. The van der Waals surface area contributed by atoms with Crippen molar-refractivity contribution in [3.8, 4) is 16.9 Å².